The first-order chi connectivity index (χ1) is 17.5. The van der Waals surface area contributed by atoms with Crippen molar-refractivity contribution in [1.82, 2.24) is 14.4 Å². The van der Waals surface area contributed by atoms with E-state index in [0.717, 1.165) is 0 Å². The Labute approximate surface area is 212 Å². The molecular formula is C21H23N3O11S2. The number of carbonyl (C=O) groups is 3. The molecule has 1 aliphatic heterocycles. The van der Waals surface area contributed by atoms with Crippen LogP contribution in [0.3, 0.4) is 0 Å². The smallest absolute Gasteiger partial charge is 0.381 e. The fourth-order valence-corrected chi connectivity index (χ4v) is 5.19. The molecule has 1 unspecified atom stereocenters. The molecule has 0 aliphatic carbocycles. The van der Waals surface area contributed by atoms with Crippen molar-refractivity contribution in [3.05, 3.63) is 71.8 Å². The van der Waals surface area contributed by atoms with Crippen LogP contribution in [0.4, 0.5) is 0 Å². The molecule has 0 aromatic heterocycles. The normalized spacial score (nSPS) is 14.5. The minimum atomic E-state index is -4.83. The van der Waals surface area contributed by atoms with E-state index in [0.29, 0.717) is 15.4 Å². The van der Waals surface area contributed by atoms with E-state index in [1.54, 1.807) is 60.7 Å². The minimum Gasteiger partial charge on any atom is -0.460 e. The monoisotopic (exact) mass is 557 g/mol. The summed E-state index contributed by atoms with van der Waals surface area (Å²) in [6, 6.07) is 16.6. The Morgan fingerprint density at radius 3 is 2.05 bits per heavy atom. The van der Waals surface area contributed by atoms with E-state index in [4.69, 9.17) is 9.57 Å². The Balaban J connectivity index is 1.70. The lowest BCUT2D eigenvalue weighted by molar-refractivity contribution is -0.323. The maximum absolute atomic E-state index is 12.7. The summed E-state index contributed by atoms with van der Waals surface area (Å²) < 4.78 is 58.4. The van der Waals surface area contributed by atoms with Crippen molar-refractivity contribution >= 4 is 38.1 Å². The molecule has 16 heteroatoms. The lowest BCUT2D eigenvalue weighted by Gasteiger charge is -2.28. The van der Waals surface area contributed by atoms with Gasteiger partial charge in [0.05, 0.1) is 5.75 Å². The van der Waals surface area contributed by atoms with Crippen molar-refractivity contribution in [1.29, 1.82) is 0 Å². The van der Waals surface area contributed by atoms with Crippen LogP contribution in [0, 0.1) is 5.92 Å². The van der Waals surface area contributed by atoms with Crippen LogP contribution in [-0.2, 0) is 61.8 Å². The number of sulfonamides is 1. The quantitative estimate of drug-likeness (QED) is 0.111. The van der Waals surface area contributed by atoms with Crippen LogP contribution in [0.25, 0.3) is 0 Å². The zero-order valence-electron chi connectivity index (χ0n) is 19.1. The minimum absolute atomic E-state index is 0.0610. The molecule has 0 saturated carbocycles. The molecule has 3 rings (SSSR count). The van der Waals surface area contributed by atoms with Crippen LogP contribution in [-0.4, -0.2) is 61.7 Å². The molecule has 2 aromatic carbocycles. The van der Waals surface area contributed by atoms with Gasteiger partial charge in [-0.25, -0.2) is 17.6 Å². The van der Waals surface area contributed by atoms with Crippen LogP contribution < -0.4 is 4.89 Å². The second kappa shape index (κ2) is 12.2. The maximum Gasteiger partial charge on any atom is 0.381 e. The van der Waals surface area contributed by atoms with Crippen LogP contribution in [0.2, 0.25) is 0 Å². The number of β-lactam (4-membered cyclic amide) rings is 1. The molecule has 37 heavy (non-hydrogen) atoms. The first kappa shape index (κ1) is 28.2. The van der Waals surface area contributed by atoms with Crippen LogP contribution in [0.5, 0.6) is 0 Å². The second-order valence-corrected chi connectivity index (χ2v) is 10.8. The van der Waals surface area contributed by atoms with Crippen molar-refractivity contribution in [2.45, 2.75) is 19.6 Å². The third-order valence-electron chi connectivity index (χ3n) is 4.92. The zero-order chi connectivity index (χ0) is 27.1. The second-order valence-electron chi connectivity index (χ2n) is 7.64. The molecule has 1 saturated heterocycles. The number of benzene rings is 2. The first-order valence-electron chi connectivity index (χ1n) is 10.6. The fourth-order valence-electron chi connectivity index (χ4n) is 2.90. The van der Waals surface area contributed by atoms with Crippen molar-refractivity contribution < 1.29 is 50.3 Å². The molecule has 1 heterocycles. The van der Waals surface area contributed by atoms with E-state index in [-0.39, 0.29) is 31.4 Å². The predicted octanol–water partition coefficient (Wildman–Crippen LogP) is 0.0237. The number of nitrogens with zero attached hydrogens (tertiary/aromatic N) is 2. The van der Waals surface area contributed by atoms with Crippen molar-refractivity contribution in [2.24, 2.45) is 5.92 Å². The molecule has 1 aliphatic rings. The summed E-state index contributed by atoms with van der Waals surface area (Å²) in [7, 11) is -9.60. The molecule has 0 radical (unpaired) electrons. The largest absolute Gasteiger partial charge is 0.460 e. The highest BCUT2D eigenvalue weighted by Gasteiger charge is 2.40. The third-order valence-corrected chi connectivity index (χ3v) is 7.36. The molecule has 1 fully saturated rings. The van der Waals surface area contributed by atoms with E-state index in [2.05, 4.69) is 4.28 Å². The van der Waals surface area contributed by atoms with Crippen LogP contribution in [0.1, 0.15) is 17.5 Å². The van der Waals surface area contributed by atoms with Gasteiger partial charge in [0.15, 0.2) is 5.92 Å². The molecule has 1 atom stereocenters. The SMILES string of the molecule is O=C(OCc1ccccc1)C(CS(=O)(=O)NOS(=O)(=O)N1CCC1=O)C(=O)N(O)OCc1ccccc1. The van der Waals surface area contributed by atoms with Crippen LogP contribution >= 0.6 is 0 Å². The summed E-state index contributed by atoms with van der Waals surface area (Å²) in [4.78, 5) is 42.9. The van der Waals surface area contributed by atoms with Crippen molar-refractivity contribution in [3.8, 4) is 0 Å². The van der Waals surface area contributed by atoms with Gasteiger partial charge < -0.3 is 4.74 Å². The number of nitrogens with one attached hydrogen (secondary N) is 1. The van der Waals surface area contributed by atoms with Crippen LogP contribution in [0.15, 0.2) is 60.7 Å². The predicted molar refractivity (Wildman–Crippen MR) is 123 cm³/mol. The number of esters is 1. The van der Waals surface area contributed by atoms with Crippen molar-refractivity contribution in [2.75, 3.05) is 12.3 Å². The van der Waals surface area contributed by atoms with E-state index < -0.39 is 49.8 Å². The summed E-state index contributed by atoms with van der Waals surface area (Å²) >= 11 is 0. The molecule has 0 bridgehead atoms. The molecule has 2 aromatic rings. The summed E-state index contributed by atoms with van der Waals surface area (Å²) in [5, 5.41) is 9.75. The molecule has 0 spiro atoms. The highest BCUT2D eigenvalue weighted by Crippen LogP contribution is 2.16. The highest BCUT2D eigenvalue weighted by atomic mass is 32.2. The standard InChI is InChI=1S/C21H23N3O11S2/c25-19-11-12-23(19)37(31,32)35-22-36(29,30)15-18(21(27)33-13-16-7-3-1-4-8-16)20(26)24(28)34-14-17-9-5-2-6-10-17/h1-10,18,22,28H,11-15H2. The van der Waals surface area contributed by atoms with Gasteiger partial charge in [0.1, 0.15) is 13.2 Å². The number of hydrogen-bond acceptors (Lipinski definition) is 11. The fraction of sp³-hybridized carbons (Fsp3) is 0.286. The zero-order valence-corrected chi connectivity index (χ0v) is 20.8. The van der Waals surface area contributed by atoms with Gasteiger partial charge in [-0.3, -0.25) is 19.6 Å². The summed E-state index contributed by atoms with van der Waals surface area (Å²) in [5.41, 5.74) is 1.07. The topological polar surface area (TPSA) is 186 Å². The lowest BCUT2D eigenvalue weighted by Crippen LogP contribution is -2.50. The Morgan fingerprint density at radius 1 is 0.973 bits per heavy atom. The number of amides is 2. The van der Waals surface area contributed by atoms with Gasteiger partial charge in [0.2, 0.25) is 15.9 Å². The van der Waals surface area contributed by atoms with Gasteiger partial charge in [-0.1, -0.05) is 70.8 Å². The molecule has 2 amide bonds. The number of ether oxygens (including phenoxy) is 1. The average Bonchev–Trinajstić information content (AvgIpc) is 2.87. The number of rotatable bonds is 13. The van der Waals surface area contributed by atoms with Gasteiger partial charge in [-0.15, -0.1) is 4.28 Å². The Kier molecular flexibility index (Phi) is 9.30. The summed E-state index contributed by atoms with van der Waals surface area (Å²) in [6.07, 6.45) is -0.0610. The summed E-state index contributed by atoms with van der Waals surface area (Å²) in [5.74, 6) is -7.21. The molecule has 200 valence electrons. The lowest BCUT2D eigenvalue weighted by atomic mass is 10.1. The Bertz CT molecular complexity index is 1320. The Hall–Kier alpha value is -3.41. The third kappa shape index (κ3) is 8.04. The van der Waals surface area contributed by atoms with Gasteiger partial charge >= 0.3 is 16.3 Å². The van der Waals surface area contributed by atoms with Gasteiger partial charge in [-0.2, -0.15) is 8.42 Å². The molecular weight excluding hydrogens is 534 g/mol. The highest BCUT2D eigenvalue weighted by molar-refractivity contribution is 7.90. The number of hydroxylamine groups is 2. The van der Waals surface area contributed by atoms with Gasteiger partial charge in [0, 0.05) is 13.0 Å². The number of hydrogen-bond donors (Lipinski definition) is 2. The first-order valence-corrected chi connectivity index (χ1v) is 13.6. The maximum atomic E-state index is 12.7. The van der Waals surface area contributed by atoms with Gasteiger partial charge in [0.25, 0.3) is 5.91 Å². The van der Waals surface area contributed by atoms with Gasteiger partial charge in [-0.05, 0) is 11.1 Å². The average molecular weight is 558 g/mol. The Morgan fingerprint density at radius 2 is 1.54 bits per heavy atom. The van der Waals surface area contributed by atoms with Crippen molar-refractivity contribution in [3.63, 3.8) is 0 Å². The molecule has 2 N–H and O–H groups in total. The molecule has 14 nitrogen and oxygen atoms in total. The number of carbonyl (C=O) groups excluding carboxylic acids is 3. The summed E-state index contributed by atoms with van der Waals surface area (Å²) in [6.45, 7) is -0.825. The van der Waals surface area contributed by atoms with E-state index in [1.807, 2.05) is 0 Å². The van der Waals surface area contributed by atoms with E-state index in [9.17, 15) is 36.4 Å². The van der Waals surface area contributed by atoms with E-state index >= 15 is 0 Å². The van der Waals surface area contributed by atoms with E-state index in [1.165, 1.54) is 4.89 Å².